The van der Waals surface area contributed by atoms with E-state index in [1.54, 1.807) is 12.4 Å². The van der Waals surface area contributed by atoms with Gasteiger partial charge in [0.1, 0.15) is 0 Å². The molecule has 4 N–H and O–H groups in total. The lowest BCUT2D eigenvalue weighted by atomic mass is 10.1. The molecule has 168 valence electrons. The molecule has 0 radical (unpaired) electrons. The quantitative estimate of drug-likeness (QED) is 0.311. The van der Waals surface area contributed by atoms with Crippen LogP contribution in [0.3, 0.4) is 0 Å². The van der Waals surface area contributed by atoms with Gasteiger partial charge in [-0.2, -0.15) is 16.8 Å². The average Bonchev–Trinajstić information content (AvgIpc) is 2.57. The summed E-state index contributed by atoms with van der Waals surface area (Å²) in [6.45, 7) is 4.56. The summed E-state index contributed by atoms with van der Waals surface area (Å²) in [4.78, 5) is 3.78. The van der Waals surface area contributed by atoms with Crippen molar-refractivity contribution in [2.24, 2.45) is 0 Å². The predicted molar refractivity (Wildman–Crippen MR) is 110 cm³/mol. The van der Waals surface area contributed by atoms with E-state index < -0.39 is 20.8 Å². The molecule has 0 atom stereocenters. The van der Waals surface area contributed by atoms with Crippen molar-refractivity contribution in [1.29, 1.82) is 0 Å². The zero-order chi connectivity index (χ0) is 22.3. The fraction of sp³-hybridized carbons (Fsp3) is 0.706. The van der Waals surface area contributed by atoms with Crippen LogP contribution in [-0.2, 0) is 20.8 Å². The highest BCUT2D eigenvalue weighted by molar-refractivity contribution is 7.80. The van der Waals surface area contributed by atoms with Crippen LogP contribution in [0.1, 0.15) is 78.1 Å². The molecule has 1 heterocycles. The van der Waals surface area contributed by atoms with Gasteiger partial charge >= 0.3 is 20.8 Å². The van der Waals surface area contributed by atoms with Gasteiger partial charge in [-0.1, -0.05) is 84.1 Å². The van der Waals surface area contributed by atoms with Crippen LogP contribution in [0.25, 0.3) is 0 Å². The summed E-state index contributed by atoms with van der Waals surface area (Å²) in [5.41, 5.74) is 0. The highest BCUT2D eigenvalue weighted by Gasteiger charge is 1.90. The number of aromatic nitrogens is 1. The van der Waals surface area contributed by atoms with Crippen molar-refractivity contribution in [1.82, 2.24) is 4.98 Å². The number of rotatable bonds is 9. The standard InChI is InChI=1S/C12H26.C5H5N.2H2O4S/c1-3-5-7-9-11-12-10-8-6-4-2;1-2-4-6-5-3-1;2*1-5(2,3)4/h3-12H2,1-2H3;1-5H;2*(H2,1,2,3,4). The molecule has 0 aliphatic heterocycles. The van der Waals surface area contributed by atoms with Crippen LogP contribution in [0.5, 0.6) is 0 Å². The van der Waals surface area contributed by atoms with Crippen molar-refractivity contribution >= 4 is 20.8 Å². The highest BCUT2D eigenvalue weighted by Crippen LogP contribution is 2.09. The molecular formula is C17H35NO8S2. The maximum atomic E-state index is 8.74. The molecule has 0 amide bonds. The maximum absolute atomic E-state index is 8.74. The second kappa shape index (κ2) is 22.2. The molecule has 0 bridgehead atoms. The number of pyridine rings is 1. The second-order valence-corrected chi connectivity index (χ2v) is 7.54. The van der Waals surface area contributed by atoms with Gasteiger partial charge in [0.2, 0.25) is 0 Å². The van der Waals surface area contributed by atoms with E-state index in [0.29, 0.717) is 0 Å². The van der Waals surface area contributed by atoms with E-state index in [1.165, 1.54) is 64.2 Å². The summed E-state index contributed by atoms with van der Waals surface area (Å²) in [5, 5.41) is 0. The summed E-state index contributed by atoms with van der Waals surface area (Å²) < 4.78 is 63.2. The molecular weight excluding hydrogens is 410 g/mol. The number of unbranched alkanes of at least 4 members (excludes halogenated alkanes) is 9. The Morgan fingerprint density at radius 3 is 0.964 bits per heavy atom. The summed E-state index contributed by atoms with van der Waals surface area (Å²) in [6, 6.07) is 5.72. The van der Waals surface area contributed by atoms with Crippen LogP contribution in [0, 0.1) is 0 Å². The van der Waals surface area contributed by atoms with Crippen LogP contribution in [0.2, 0.25) is 0 Å². The summed E-state index contributed by atoms with van der Waals surface area (Å²) >= 11 is 0. The SMILES string of the molecule is CCCCCCCCCCCC.O=S(=O)(O)O.O=S(=O)(O)O.c1ccncc1. The molecule has 0 saturated heterocycles. The van der Waals surface area contributed by atoms with E-state index in [-0.39, 0.29) is 0 Å². The van der Waals surface area contributed by atoms with Gasteiger partial charge in [0.25, 0.3) is 0 Å². The molecule has 0 unspecified atom stereocenters. The molecule has 0 aliphatic carbocycles. The minimum Gasteiger partial charge on any atom is -0.265 e. The Balaban J connectivity index is -0.000000327. The lowest BCUT2D eigenvalue weighted by molar-refractivity contribution is 0.378. The van der Waals surface area contributed by atoms with Crippen molar-refractivity contribution in [2.75, 3.05) is 0 Å². The Kier molecular flexibility index (Phi) is 25.0. The van der Waals surface area contributed by atoms with Crippen LogP contribution in [0.15, 0.2) is 30.6 Å². The highest BCUT2D eigenvalue weighted by atomic mass is 32.3. The van der Waals surface area contributed by atoms with Crippen molar-refractivity contribution < 1.29 is 35.0 Å². The van der Waals surface area contributed by atoms with E-state index >= 15 is 0 Å². The van der Waals surface area contributed by atoms with Crippen LogP contribution in [0.4, 0.5) is 0 Å². The van der Waals surface area contributed by atoms with E-state index in [4.69, 9.17) is 35.0 Å². The third kappa shape index (κ3) is 73.6. The Hall–Kier alpha value is -1.11. The first-order valence-electron chi connectivity index (χ1n) is 9.16. The average molecular weight is 446 g/mol. The van der Waals surface area contributed by atoms with Crippen LogP contribution in [-0.4, -0.2) is 40.0 Å². The minimum absolute atomic E-state index is 1.37. The molecule has 0 aromatic carbocycles. The van der Waals surface area contributed by atoms with Gasteiger partial charge in [-0.05, 0) is 12.1 Å². The van der Waals surface area contributed by atoms with Crippen molar-refractivity contribution in [3.8, 4) is 0 Å². The zero-order valence-corrected chi connectivity index (χ0v) is 18.3. The Morgan fingerprint density at radius 1 is 0.571 bits per heavy atom. The molecule has 0 aliphatic rings. The molecule has 9 nitrogen and oxygen atoms in total. The lowest BCUT2D eigenvalue weighted by Gasteiger charge is -1.99. The van der Waals surface area contributed by atoms with E-state index in [9.17, 15) is 0 Å². The number of nitrogens with zero attached hydrogens (tertiary/aromatic N) is 1. The third-order valence-electron chi connectivity index (χ3n) is 3.02. The minimum atomic E-state index is -4.67. The first kappa shape index (κ1) is 31.6. The maximum Gasteiger partial charge on any atom is 0.394 e. The fourth-order valence-corrected chi connectivity index (χ4v) is 1.87. The normalized spacial score (nSPS) is 10.4. The molecule has 1 aromatic heterocycles. The van der Waals surface area contributed by atoms with Gasteiger partial charge < -0.3 is 0 Å². The monoisotopic (exact) mass is 445 g/mol. The van der Waals surface area contributed by atoms with Gasteiger partial charge in [-0.3, -0.25) is 23.2 Å². The van der Waals surface area contributed by atoms with Gasteiger partial charge in [0.15, 0.2) is 0 Å². The van der Waals surface area contributed by atoms with E-state index in [0.717, 1.165) is 0 Å². The molecule has 0 fully saturated rings. The molecule has 11 heteroatoms. The third-order valence-corrected chi connectivity index (χ3v) is 3.02. The van der Waals surface area contributed by atoms with Gasteiger partial charge in [0.05, 0.1) is 0 Å². The second-order valence-electron chi connectivity index (χ2n) is 5.75. The summed E-state index contributed by atoms with van der Waals surface area (Å²) in [6.07, 6.45) is 17.9. The van der Waals surface area contributed by atoms with Crippen LogP contribution < -0.4 is 0 Å². The lowest BCUT2D eigenvalue weighted by Crippen LogP contribution is -1.89. The topological polar surface area (TPSA) is 162 Å². The van der Waals surface area contributed by atoms with E-state index in [1.807, 2.05) is 18.2 Å². The first-order chi connectivity index (χ1) is 12.9. The molecule has 1 rings (SSSR count). The van der Waals surface area contributed by atoms with Crippen molar-refractivity contribution in [3.63, 3.8) is 0 Å². The van der Waals surface area contributed by atoms with E-state index in [2.05, 4.69) is 18.8 Å². The molecule has 28 heavy (non-hydrogen) atoms. The van der Waals surface area contributed by atoms with Gasteiger partial charge in [-0.25, -0.2) is 0 Å². The first-order valence-corrected chi connectivity index (χ1v) is 12.0. The zero-order valence-electron chi connectivity index (χ0n) is 16.6. The van der Waals surface area contributed by atoms with Crippen molar-refractivity contribution in [2.45, 2.75) is 78.1 Å². The number of hydrogen-bond donors (Lipinski definition) is 4. The molecule has 0 saturated carbocycles. The molecule has 1 aromatic rings. The summed E-state index contributed by atoms with van der Waals surface area (Å²) in [7, 11) is -9.33. The largest absolute Gasteiger partial charge is 0.394 e. The molecule has 0 spiro atoms. The Labute approximate surface area is 169 Å². The van der Waals surface area contributed by atoms with Gasteiger partial charge in [0, 0.05) is 12.4 Å². The Morgan fingerprint density at radius 2 is 0.821 bits per heavy atom. The van der Waals surface area contributed by atoms with Crippen molar-refractivity contribution in [3.05, 3.63) is 30.6 Å². The number of hydrogen-bond acceptors (Lipinski definition) is 5. The van der Waals surface area contributed by atoms with Gasteiger partial charge in [-0.15, -0.1) is 0 Å². The fourth-order valence-electron chi connectivity index (χ4n) is 1.87. The van der Waals surface area contributed by atoms with Crippen LogP contribution >= 0.6 is 0 Å². The summed E-state index contributed by atoms with van der Waals surface area (Å²) in [5.74, 6) is 0. The predicted octanol–water partition coefficient (Wildman–Crippen LogP) is 4.70. The smallest absolute Gasteiger partial charge is 0.265 e. The Bertz CT molecular complexity index is 525.